The van der Waals surface area contributed by atoms with E-state index in [0.717, 1.165) is 21.8 Å². The minimum absolute atomic E-state index is 0.255. The highest BCUT2D eigenvalue weighted by Crippen LogP contribution is 2.28. The summed E-state index contributed by atoms with van der Waals surface area (Å²) in [6.45, 7) is 1.97. The molecule has 4 heteroatoms. The largest absolute Gasteiger partial charge is 0.464 e. The molecular formula is C16H15NO3. The van der Waals surface area contributed by atoms with Crippen LogP contribution in [0.25, 0.3) is 21.8 Å². The minimum Gasteiger partial charge on any atom is -0.464 e. The van der Waals surface area contributed by atoms with Crippen molar-refractivity contribution in [2.24, 2.45) is 0 Å². The molecular weight excluding hydrogens is 254 g/mol. The SMILES string of the molecule is CCOC(=O)C(O)c1ccc2[nH]c3ccccc3c2c1. The number of ether oxygens (including phenoxy) is 1. The molecule has 0 aliphatic rings. The van der Waals surface area contributed by atoms with Gasteiger partial charge < -0.3 is 14.8 Å². The van der Waals surface area contributed by atoms with Crippen molar-refractivity contribution in [1.29, 1.82) is 0 Å². The highest BCUT2D eigenvalue weighted by molar-refractivity contribution is 6.07. The Bertz CT molecular complexity index is 776. The molecule has 1 aromatic heterocycles. The highest BCUT2D eigenvalue weighted by Gasteiger charge is 2.19. The lowest BCUT2D eigenvalue weighted by molar-refractivity contribution is -0.153. The second kappa shape index (κ2) is 4.98. The van der Waals surface area contributed by atoms with E-state index in [4.69, 9.17) is 4.74 Å². The number of esters is 1. The van der Waals surface area contributed by atoms with E-state index in [2.05, 4.69) is 4.98 Å². The molecule has 102 valence electrons. The number of para-hydroxylation sites is 1. The summed E-state index contributed by atoms with van der Waals surface area (Å²) in [6, 6.07) is 13.4. The van der Waals surface area contributed by atoms with Crippen LogP contribution in [-0.2, 0) is 9.53 Å². The van der Waals surface area contributed by atoms with Gasteiger partial charge in [-0.2, -0.15) is 0 Å². The fourth-order valence-corrected chi connectivity index (χ4v) is 2.39. The number of rotatable bonds is 3. The van der Waals surface area contributed by atoms with E-state index in [-0.39, 0.29) is 6.61 Å². The molecule has 4 nitrogen and oxygen atoms in total. The van der Waals surface area contributed by atoms with Gasteiger partial charge in [-0.05, 0) is 30.7 Å². The van der Waals surface area contributed by atoms with Crippen LogP contribution in [0, 0.1) is 0 Å². The molecule has 20 heavy (non-hydrogen) atoms. The number of nitrogens with one attached hydrogen (secondary N) is 1. The molecule has 2 aromatic carbocycles. The molecule has 0 spiro atoms. The zero-order valence-corrected chi connectivity index (χ0v) is 11.1. The zero-order chi connectivity index (χ0) is 14.1. The molecule has 3 aromatic rings. The summed E-state index contributed by atoms with van der Waals surface area (Å²) in [5.74, 6) is -0.619. The summed E-state index contributed by atoms with van der Waals surface area (Å²) in [4.78, 5) is 14.9. The Hall–Kier alpha value is -2.33. The predicted molar refractivity (Wildman–Crippen MR) is 77.4 cm³/mol. The summed E-state index contributed by atoms with van der Waals surface area (Å²) in [7, 11) is 0. The molecule has 0 aliphatic carbocycles. The van der Waals surface area contributed by atoms with Gasteiger partial charge in [0, 0.05) is 21.8 Å². The number of hydrogen-bond donors (Lipinski definition) is 2. The number of aliphatic hydroxyl groups is 1. The Morgan fingerprint density at radius 1 is 1.20 bits per heavy atom. The van der Waals surface area contributed by atoms with Gasteiger partial charge in [0.25, 0.3) is 0 Å². The first-order valence-electron chi connectivity index (χ1n) is 6.55. The molecule has 3 rings (SSSR count). The van der Waals surface area contributed by atoms with E-state index < -0.39 is 12.1 Å². The minimum atomic E-state index is -1.24. The number of hydrogen-bond acceptors (Lipinski definition) is 3. The van der Waals surface area contributed by atoms with Crippen LogP contribution in [0.15, 0.2) is 42.5 Å². The Kier molecular flexibility index (Phi) is 3.16. The quantitative estimate of drug-likeness (QED) is 0.719. The van der Waals surface area contributed by atoms with Crippen molar-refractivity contribution in [2.45, 2.75) is 13.0 Å². The van der Waals surface area contributed by atoms with Gasteiger partial charge in [-0.25, -0.2) is 4.79 Å². The first kappa shape index (κ1) is 12.7. The van der Waals surface area contributed by atoms with Crippen molar-refractivity contribution in [1.82, 2.24) is 4.98 Å². The Labute approximate surface area is 116 Å². The molecule has 0 aliphatic heterocycles. The van der Waals surface area contributed by atoms with Crippen LogP contribution in [0.3, 0.4) is 0 Å². The molecule has 0 saturated carbocycles. The summed E-state index contributed by atoms with van der Waals surface area (Å²) in [5, 5.41) is 12.1. The van der Waals surface area contributed by atoms with E-state index in [1.165, 1.54) is 0 Å². The van der Waals surface area contributed by atoms with Crippen LogP contribution in [0.4, 0.5) is 0 Å². The van der Waals surface area contributed by atoms with E-state index in [1.54, 1.807) is 13.0 Å². The van der Waals surface area contributed by atoms with Crippen molar-refractivity contribution in [3.63, 3.8) is 0 Å². The van der Waals surface area contributed by atoms with Gasteiger partial charge in [0.05, 0.1) is 6.61 Å². The number of fused-ring (bicyclic) bond motifs is 3. The van der Waals surface area contributed by atoms with Crippen molar-refractivity contribution in [2.75, 3.05) is 6.61 Å². The van der Waals surface area contributed by atoms with Crippen LogP contribution in [-0.4, -0.2) is 22.7 Å². The second-order valence-corrected chi connectivity index (χ2v) is 4.63. The lowest BCUT2D eigenvalue weighted by Crippen LogP contribution is -2.15. The Morgan fingerprint density at radius 2 is 1.95 bits per heavy atom. The first-order valence-corrected chi connectivity index (χ1v) is 6.55. The van der Waals surface area contributed by atoms with Gasteiger partial charge in [0.1, 0.15) is 0 Å². The molecule has 0 saturated heterocycles. The predicted octanol–water partition coefficient (Wildman–Crippen LogP) is 2.92. The van der Waals surface area contributed by atoms with Crippen LogP contribution in [0.2, 0.25) is 0 Å². The number of carbonyl (C=O) groups excluding carboxylic acids is 1. The van der Waals surface area contributed by atoms with Gasteiger partial charge in [0.2, 0.25) is 0 Å². The molecule has 0 amide bonds. The fraction of sp³-hybridized carbons (Fsp3) is 0.188. The van der Waals surface area contributed by atoms with Crippen molar-refractivity contribution in [3.8, 4) is 0 Å². The molecule has 0 bridgehead atoms. The average Bonchev–Trinajstić information content (AvgIpc) is 2.84. The third-order valence-electron chi connectivity index (χ3n) is 3.36. The van der Waals surface area contributed by atoms with Gasteiger partial charge in [0.15, 0.2) is 6.10 Å². The number of carbonyl (C=O) groups is 1. The molecule has 0 radical (unpaired) electrons. The van der Waals surface area contributed by atoms with Gasteiger partial charge in [-0.1, -0.05) is 24.3 Å². The topological polar surface area (TPSA) is 62.3 Å². The lowest BCUT2D eigenvalue weighted by atomic mass is 10.1. The van der Waals surface area contributed by atoms with Crippen molar-refractivity contribution < 1.29 is 14.6 Å². The number of aromatic amines is 1. The third kappa shape index (κ3) is 2.04. The van der Waals surface area contributed by atoms with E-state index >= 15 is 0 Å². The van der Waals surface area contributed by atoms with E-state index in [0.29, 0.717) is 5.56 Å². The van der Waals surface area contributed by atoms with Crippen LogP contribution in [0.5, 0.6) is 0 Å². The van der Waals surface area contributed by atoms with Crippen LogP contribution >= 0.6 is 0 Å². The smallest absolute Gasteiger partial charge is 0.339 e. The molecule has 2 N–H and O–H groups in total. The normalized spacial score (nSPS) is 12.7. The summed E-state index contributed by atoms with van der Waals surface area (Å²) in [6.07, 6.45) is -1.24. The van der Waals surface area contributed by atoms with Crippen LogP contribution < -0.4 is 0 Å². The maximum atomic E-state index is 11.6. The number of H-pyrrole nitrogens is 1. The average molecular weight is 269 g/mol. The van der Waals surface area contributed by atoms with Gasteiger partial charge >= 0.3 is 5.97 Å². The summed E-state index contributed by atoms with van der Waals surface area (Å²) >= 11 is 0. The molecule has 1 heterocycles. The van der Waals surface area contributed by atoms with E-state index in [9.17, 15) is 9.90 Å². The zero-order valence-electron chi connectivity index (χ0n) is 11.1. The number of benzene rings is 2. The first-order chi connectivity index (χ1) is 9.70. The van der Waals surface area contributed by atoms with Crippen molar-refractivity contribution in [3.05, 3.63) is 48.0 Å². The number of aromatic nitrogens is 1. The third-order valence-corrected chi connectivity index (χ3v) is 3.36. The summed E-state index contributed by atoms with van der Waals surface area (Å²) < 4.78 is 4.84. The molecule has 1 unspecified atom stereocenters. The Balaban J connectivity index is 2.09. The second-order valence-electron chi connectivity index (χ2n) is 4.63. The molecule has 1 atom stereocenters. The maximum Gasteiger partial charge on any atom is 0.339 e. The fourth-order valence-electron chi connectivity index (χ4n) is 2.39. The van der Waals surface area contributed by atoms with E-state index in [1.807, 2.05) is 36.4 Å². The molecule has 0 fully saturated rings. The lowest BCUT2D eigenvalue weighted by Gasteiger charge is -2.09. The van der Waals surface area contributed by atoms with Crippen molar-refractivity contribution >= 4 is 27.8 Å². The van der Waals surface area contributed by atoms with Gasteiger partial charge in [-0.3, -0.25) is 0 Å². The summed E-state index contributed by atoms with van der Waals surface area (Å²) in [5.41, 5.74) is 2.55. The number of aliphatic hydroxyl groups excluding tert-OH is 1. The Morgan fingerprint density at radius 3 is 2.75 bits per heavy atom. The standard InChI is InChI=1S/C16H15NO3/c1-2-20-16(19)15(18)10-7-8-14-12(9-10)11-5-3-4-6-13(11)17-14/h3-9,15,17-18H,2H2,1H3. The van der Waals surface area contributed by atoms with Crippen LogP contribution in [0.1, 0.15) is 18.6 Å². The monoisotopic (exact) mass is 269 g/mol. The highest BCUT2D eigenvalue weighted by atomic mass is 16.5. The maximum absolute atomic E-state index is 11.6. The van der Waals surface area contributed by atoms with Gasteiger partial charge in [-0.15, -0.1) is 0 Å².